The number of hydrogen-bond acceptors (Lipinski definition) is 6. The average molecular weight is 412 g/mol. The second-order valence-electron chi connectivity index (χ2n) is 8.12. The molecule has 0 spiro atoms. The van der Waals surface area contributed by atoms with Gasteiger partial charge in [0.05, 0.1) is 22.0 Å². The normalized spacial score (nSPS) is 28.6. The van der Waals surface area contributed by atoms with Crippen molar-refractivity contribution in [1.29, 1.82) is 0 Å². The van der Waals surface area contributed by atoms with Crippen molar-refractivity contribution in [2.75, 3.05) is 5.32 Å². The zero-order valence-electron chi connectivity index (χ0n) is 16.1. The number of benzene rings is 1. The third kappa shape index (κ3) is 5.01. The standard InChI is InChI=1S/C19H29N3O5S/c1-13-6-8-14(9-7-13)21-28(26,27)15-10-11-16(18(12-15)22(24)25)20-17-4-2-3-5-19(17)23/h10-14,17,19-21,23H,2-9H2,1H3/t13?,14?,17-,19+/m0/s1. The topological polar surface area (TPSA) is 122 Å². The van der Waals surface area contributed by atoms with Crippen LogP contribution in [0.2, 0.25) is 0 Å². The fourth-order valence-corrected chi connectivity index (χ4v) is 5.42. The zero-order chi connectivity index (χ0) is 20.3. The van der Waals surface area contributed by atoms with E-state index in [9.17, 15) is 23.6 Å². The highest BCUT2D eigenvalue weighted by Gasteiger charge is 2.29. The minimum Gasteiger partial charge on any atom is -0.391 e. The lowest BCUT2D eigenvalue weighted by Gasteiger charge is -2.29. The van der Waals surface area contributed by atoms with E-state index in [0.717, 1.165) is 51.0 Å². The smallest absolute Gasteiger partial charge is 0.293 e. The van der Waals surface area contributed by atoms with Crippen LogP contribution < -0.4 is 10.0 Å². The molecule has 2 atom stereocenters. The SMILES string of the molecule is CC1CCC(NS(=O)(=O)c2ccc(N[C@H]3CCCC[C@H]3O)c([N+](=O)[O-])c2)CC1. The lowest BCUT2D eigenvalue weighted by Crippen LogP contribution is -2.37. The highest BCUT2D eigenvalue weighted by atomic mass is 32.2. The summed E-state index contributed by atoms with van der Waals surface area (Å²) in [6, 6.07) is 3.52. The van der Waals surface area contributed by atoms with Crippen molar-refractivity contribution in [3.8, 4) is 0 Å². The molecular formula is C19H29N3O5S. The van der Waals surface area contributed by atoms with Gasteiger partial charge in [-0.1, -0.05) is 19.8 Å². The van der Waals surface area contributed by atoms with Gasteiger partial charge in [-0.2, -0.15) is 0 Å². The molecule has 1 aromatic rings. The molecule has 0 bridgehead atoms. The first-order valence-corrected chi connectivity index (χ1v) is 11.5. The molecule has 1 aromatic carbocycles. The summed E-state index contributed by atoms with van der Waals surface area (Å²) in [5, 5.41) is 24.7. The van der Waals surface area contributed by atoms with Crippen molar-refractivity contribution < 1.29 is 18.4 Å². The predicted octanol–water partition coefficient (Wildman–Crippen LogP) is 3.17. The molecule has 0 radical (unpaired) electrons. The Morgan fingerprint density at radius 2 is 1.79 bits per heavy atom. The molecule has 2 fully saturated rings. The Bertz CT molecular complexity index is 806. The number of nitrogens with one attached hydrogen (secondary N) is 2. The number of anilines is 1. The molecular weight excluding hydrogens is 382 g/mol. The highest BCUT2D eigenvalue weighted by Crippen LogP contribution is 2.31. The molecule has 8 nitrogen and oxygen atoms in total. The molecule has 2 aliphatic carbocycles. The van der Waals surface area contributed by atoms with E-state index in [1.807, 2.05) is 0 Å². The Kier molecular flexibility index (Phi) is 6.57. The van der Waals surface area contributed by atoms with Gasteiger partial charge in [0.25, 0.3) is 5.69 Å². The molecule has 3 N–H and O–H groups in total. The van der Waals surface area contributed by atoms with Crippen LogP contribution in [0.25, 0.3) is 0 Å². The molecule has 0 unspecified atom stereocenters. The Morgan fingerprint density at radius 1 is 1.11 bits per heavy atom. The summed E-state index contributed by atoms with van der Waals surface area (Å²) < 4.78 is 28.1. The molecule has 156 valence electrons. The first-order valence-electron chi connectivity index (χ1n) is 10.0. The maximum Gasteiger partial charge on any atom is 0.293 e. The molecule has 28 heavy (non-hydrogen) atoms. The largest absolute Gasteiger partial charge is 0.391 e. The third-order valence-corrected chi connectivity index (χ3v) is 7.40. The highest BCUT2D eigenvalue weighted by molar-refractivity contribution is 7.89. The average Bonchev–Trinajstić information content (AvgIpc) is 2.65. The van der Waals surface area contributed by atoms with E-state index in [4.69, 9.17) is 0 Å². The van der Waals surface area contributed by atoms with Crippen molar-refractivity contribution in [3.63, 3.8) is 0 Å². The van der Waals surface area contributed by atoms with Gasteiger partial charge in [0.2, 0.25) is 10.0 Å². The van der Waals surface area contributed by atoms with Gasteiger partial charge in [-0.3, -0.25) is 10.1 Å². The minimum atomic E-state index is -3.83. The van der Waals surface area contributed by atoms with Gasteiger partial charge in [-0.15, -0.1) is 0 Å². The molecule has 0 aromatic heterocycles. The fourth-order valence-electron chi connectivity index (χ4n) is 4.10. The summed E-state index contributed by atoms with van der Waals surface area (Å²) in [4.78, 5) is 10.8. The van der Waals surface area contributed by atoms with Crippen LogP contribution in [0.5, 0.6) is 0 Å². The maximum absolute atomic E-state index is 12.7. The van der Waals surface area contributed by atoms with Crippen molar-refractivity contribution in [3.05, 3.63) is 28.3 Å². The van der Waals surface area contributed by atoms with Crippen LogP contribution >= 0.6 is 0 Å². The molecule has 2 aliphatic rings. The summed E-state index contributed by atoms with van der Waals surface area (Å²) >= 11 is 0. The Balaban J connectivity index is 1.78. The number of nitro benzene ring substituents is 1. The molecule has 0 aliphatic heterocycles. The molecule has 0 amide bonds. The van der Waals surface area contributed by atoms with Gasteiger partial charge in [0.15, 0.2) is 0 Å². The number of sulfonamides is 1. The summed E-state index contributed by atoms with van der Waals surface area (Å²) in [6.45, 7) is 2.16. The van der Waals surface area contributed by atoms with Crippen molar-refractivity contribution >= 4 is 21.4 Å². The fraction of sp³-hybridized carbons (Fsp3) is 0.684. The summed E-state index contributed by atoms with van der Waals surface area (Å²) in [7, 11) is -3.83. The molecule has 9 heteroatoms. The van der Waals surface area contributed by atoms with Crippen LogP contribution in [0.3, 0.4) is 0 Å². The lowest BCUT2D eigenvalue weighted by molar-refractivity contribution is -0.384. The third-order valence-electron chi connectivity index (χ3n) is 5.88. The van der Waals surface area contributed by atoms with Gasteiger partial charge in [-0.05, 0) is 56.6 Å². The second-order valence-corrected chi connectivity index (χ2v) is 9.83. The van der Waals surface area contributed by atoms with E-state index in [0.29, 0.717) is 12.3 Å². The van der Waals surface area contributed by atoms with E-state index in [2.05, 4.69) is 17.0 Å². The summed E-state index contributed by atoms with van der Waals surface area (Å²) in [5.41, 5.74) is -0.0562. The number of rotatable bonds is 6. The first kappa shape index (κ1) is 21.0. The van der Waals surface area contributed by atoms with Crippen LogP contribution in [0.4, 0.5) is 11.4 Å². The van der Waals surface area contributed by atoms with Crippen LogP contribution in [0.1, 0.15) is 58.3 Å². The number of aliphatic hydroxyl groups is 1. The van der Waals surface area contributed by atoms with Gasteiger partial charge in [0.1, 0.15) is 5.69 Å². The lowest BCUT2D eigenvalue weighted by atomic mass is 9.88. The summed E-state index contributed by atoms with van der Waals surface area (Å²) in [6.07, 6.45) is 6.20. The number of hydrogen-bond donors (Lipinski definition) is 3. The number of nitrogens with zero attached hydrogens (tertiary/aromatic N) is 1. The van der Waals surface area contributed by atoms with Crippen LogP contribution in [-0.4, -0.2) is 36.6 Å². The molecule has 0 saturated heterocycles. The molecule has 2 saturated carbocycles. The maximum atomic E-state index is 12.7. The molecule has 3 rings (SSSR count). The number of aliphatic hydroxyl groups excluding tert-OH is 1. The van der Waals surface area contributed by atoms with E-state index >= 15 is 0 Å². The van der Waals surface area contributed by atoms with Gasteiger partial charge in [-0.25, -0.2) is 13.1 Å². The minimum absolute atomic E-state index is 0.104. The Morgan fingerprint density at radius 3 is 2.43 bits per heavy atom. The van der Waals surface area contributed by atoms with Gasteiger partial charge >= 0.3 is 0 Å². The van der Waals surface area contributed by atoms with E-state index < -0.39 is 21.1 Å². The Labute approximate surface area is 165 Å². The van der Waals surface area contributed by atoms with E-state index in [-0.39, 0.29) is 28.4 Å². The van der Waals surface area contributed by atoms with Crippen molar-refractivity contribution in [2.45, 2.75) is 81.4 Å². The van der Waals surface area contributed by atoms with Crippen molar-refractivity contribution in [2.24, 2.45) is 5.92 Å². The Hall–Kier alpha value is -1.71. The van der Waals surface area contributed by atoms with Crippen LogP contribution in [-0.2, 0) is 10.0 Å². The van der Waals surface area contributed by atoms with Gasteiger partial charge in [0, 0.05) is 12.1 Å². The van der Waals surface area contributed by atoms with Crippen LogP contribution in [0, 0.1) is 16.0 Å². The summed E-state index contributed by atoms with van der Waals surface area (Å²) in [5.74, 6) is 0.599. The van der Waals surface area contributed by atoms with E-state index in [1.54, 1.807) is 0 Å². The van der Waals surface area contributed by atoms with Crippen molar-refractivity contribution in [1.82, 2.24) is 4.72 Å². The molecule has 0 heterocycles. The quantitative estimate of drug-likeness (QED) is 0.488. The van der Waals surface area contributed by atoms with Gasteiger partial charge < -0.3 is 10.4 Å². The van der Waals surface area contributed by atoms with E-state index in [1.165, 1.54) is 12.1 Å². The van der Waals surface area contributed by atoms with Crippen LogP contribution in [0.15, 0.2) is 23.1 Å². The number of nitro groups is 1. The first-order chi connectivity index (χ1) is 13.3. The monoisotopic (exact) mass is 411 g/mol. The zero-order valence-corrected chi connectivity index (χ0v) is 17.0. The predicted molar refractivity (Wildman–Crippen MR) is 107 cm³/mol. The second kappa shape index (κ2) is 8.75.